The Morgan fingerprint density at radius 1 is 1.60 bits per heavy atom. The van der Waals surface area contributed by atoms with Crippen LogP contribution in [-0.4, -0.2) is 36.2 Å². The van der Waals surface area contributed by atoms with Gasteiger partial charge in [-0.2, -0.15) is 0 Å². The molecule has 0 saturated heterocycles. The van der Waals surface area contributed by atoms with Crippen LogP contribution in [0.1, 0.15) is 19.8 Å². The maximum Gasteiger partial charge on any atom is 0.311 e. The average Bonchev–Trinajstić information content (AvgIpc) is 3.23. The Balaban J connectivity index is 2.35. The fourth-order valence-corrected chi connectivity index (χ4v) is 2.33. The van der Waals surface area contributed by atoms with E-state index in [0.717, 1.165) is 12.8 Å². The second-order valence-electron chi connectivity index (χ2n) is 5.10. The second kappa shape index (κ2) is 6.04. The SMILES string of the molecule is COCCN(c1nc(N)ccc1[N+](=O)[O-])C(C)C1CC1. The molecule has 1 aliphatic rings. The van der Waals surface area contributed by atoms with Gasteiger partial charge in [0.15, 0.2) is 0 Å². The van der Waals surface area contributed by atoms with Crippen molar-refractivity contribution < 1.29 is 9.66 Å². The van der Waals surface area contributed by atoms with E-state index in [1.807, 2.05) is 4.90 Å². The van der Waals surface area contributed by atoms with Gasteiger partial charge < -0.3 is 15.4 Å². The van der Waals surface area contributed by atoms with Crippen LogP contribution in [0.2, 0.25) is 0 Å². The zero-order valence-corrected chi connectivity index (χ0v) is 11.8. The summed E-state index contributed by atoms with van der Waals surface area (Å²) >= 11 is 0. The van der Waals surface area contributed by atoms with E-state index in [-0.39, 0.29) is 17.5 Å². The fourth-order valence-electron chi connectivity index (χ4n) is 2.33. The lowest BCUT2D eigenvalue weighted by Crippen LogP contribution is -2.38. The van der Waals surface area contributed by atoms with Gasteiger partial charge in [-0.3, -0.25) is 10.1 Å². The van der Waals surface area contributed by atoms with E-state index < -0.39 is 4.92 Å². The summed E-state index contributed by atoms with van der Waals surface area (Å²) in [6.45, 7) is 3.12. The van der Waals surface area contributed by atoms with Crippen molar-refractivity contribution in [3.8, 4) is 0 Å². The average molecular weight is 280 g/mol. The summed E-state index contributed by atoms with van der Waals surface area (Å²) < 4.78 is 5.10. The van der Waals surface area contributed by atoms with Gasteiger partial charge in [0.2, 0.25) is 5.82 Å². The van der Waals surface area contributed by atoms with Gasteiger partial charge in [0.25, 0.3) is 0 Å². The molecule has 0 aromatic carbocycles. The molecule has 7 nitrogen and oxygen atoms in total. The molecule has 1 unspecified atom stereocenters. The first-order valence-corrected chi connectivity index (χ1v) is 6.71. The second-order valence-corrected chi connectivity index (χ2v) is 5.10. The van der Waals surface area contributed by atoms with Crippen LogP contribution in [-0.2, 0) is 4.74 Å². The number of methoxy groups -OCH3 is 1. The van der Waals surface area contributed by atoms with Gasteiger partial charge in [0.05, 0.1) is 11.5 Å². The molecule has 0 bridgehead atoms. The Kier molecular flexibility index (Phi) is 4.39. The molecule has 0 spiro atoms. The molecule has 1 fully saturated rings. The van der Waals surface area contributed by atoms with Crippen LogP contribution >= 0.6 is 0 Å². The van der Waals surface area contributed by atoms with E-state index >= 15 is 0 Å². The molecule has 1 aliphatic carbocycles. The van der Waals surface area contributed by atoms with Gasteiger partial charge in [-0.1, -0.05) is 0 Å². The normalized spacial score (nSPS) is 15.9. The quantitative estimate of drug-likeness (QED) is 0.604. The molecule has 1 heterocycles. The fraction of sp³-hybridized carbons (Fsp3) is 0.615. The number of nitrogens with zero attached hydrogens (tertiary/aromatic N) is 3. The molecule has 0 aliphatic heterocycles. The maximum absolute atomic E-state index is 11.2. The van der Waals surface area contributed by atoms with Crippen LogP contribution in [0, 0.1) is 16.0 Å². The highest BCUT2D eigenvalue weighted by atomic mass is 16.6. The monoisotopic (exact) mass is 280 g/mol. The standard InChI is InChI=1S/C13H20N4O3/c1-9(10-3-4-10)16(7-8-20-2)13-11(17(18)19)5-6-12(14)15-13/h5-6,9-10H,3-4,7-8H2,1-2H3,(H2,14,15). The van der Waals surface area contributed by atoms with Gasteiger partial charge in [-0.25, -0.2) is 4.98 Å². The van der Waals surface area contributed by atoms with E-state index in [9.17, 15) is 10.1 Å². The number of hydrogen-bond acceptors (Lipinski definition) is 6. The highest BCUT2D eigenvalue weighted by Crippen LogP contribution is 2.38. The number of rotatable bonds is 7. The minimum Gasteiger partial charge on any atom is -0.384 e. The van der Waals surface area contributed by atoms with E-state index in [1.165, 1.54) is 12.1 Å². The Bertz CT molecular complexity index is 491. The van der Waals surface area contributed by atoms with Crippen molar-refractivity contribution >= 4 is 17.3 Å². The molecule has 0 amide bonds. The van der Waals surface area contributed by atoms with Crippen LogP contribution < -0.4 is 10.6 Å². The Labute approximate surface area is 117 Å². The largest absolute Gasteiger partial charge is 0.384 e. The summed E-state index contributed by atoms with van der Waals surface area (Å²) in [6, 6.07) is 3.06. The molecule has 0 radical (unpaired) electrons. The van der Waals surface area contributed by atoms with Crippen molar-refractivity contribution in [1.29, 1.82) is 0 Å². The molecule has 110 valence electrons. The van der Waals surface area contributed by atoms with Gasteiger partial charge in [0, 0.05) is 25.8 Å². The number of nitrogen functional groups attached to an aromatic ring is 1. The molecule has 1 saturated carbocycles. The molecule has 1 atom stereocenters. The van der Waals surface area contributed by atoms with Gasteiger partial charge >= 0.3 is 5.69 Å². The smallest absolute Gasteiger partial charge is 0.311 e. The Morgan fingerprint density at radius 2 is 2.30 bits per heavy atom. The Morgan fingerprint density at radius 3 is 2.85 bits per heavy atom. The molecular formula is C13H20N4O3. The third-order valence-electron chi connectivity index (χ3n) is 3.68. The topological polar surface area (TPSA) is 94.5 Å². The number of ether oxygens (including phenoxy) is 1. The van der Waals surface area contributed by atoms with E-state index in [0.29, 0.717) is 24.9 Å². The molecule has 20 heavy (non-hydrogen) atoms. The highest BCUT2D eigenvalue weighted by Gasteiger charge is 2.35. The van der Waals surface area contributed by atoms with E-state index in [2.05, 4.69) is 11.9 Å². The molecular weight excluding hydrogens is 260 g/mol. The van der Waals surface area contributed by atoms with Crippen molar-refractivity contribution in [1.82, 2.24) is 4.98 Å². The molecule has 1 aromatic rings. The molecule has 7 heteroatoms. The summed E-state index contributed by atoms with van der Waals surface area (Å²) in [4.78, 5) is 16.9. The summed E-state index contributed by atoms with van der Waals surface area (Å²) in [6.07, 6.45) is 2.31. The van der Waals surface area contributed by atoms with Crippen molar-refractivity contribution in [2.75, 3.05) is 30.9 Å². The van der Waals surface area contributed by atoms with Crippen LogP contribution in [0.15, 0.2) is 12.1 Å². The zero-order chi connectivity index (χ0) is 14.7. The van der Waals surface area contributed by atoms with Gasteiger partial charge in [-0.05, 0) is 31.7 Å². The van der Waals surface area contributed by atoms with Crippen LogP contribution in [0.5, 0.6) is 0 Å². The minimum absolute atomic E-state index is 0.0113. The first-order valence-electron chi connectivity index (χ1n) is 6.71. The zero-order valence-electron chi connectivity index (χ0n) is 11.8. The molecule has 2 N–H and O–H groups in total. The summed E-state index contributed by atoms with van der Waals surface area (Å²) in [5.41, 5.74) is 5.68. The first-order chi connectivity index (χ1) is 9.54. The summed E-state index contributed by atoms with van der Waals surface area (Å²) in [5, 5.41) is 11.2. The maximum atomic E-state index is 11.2. The Hall–Kier alpha value is -1.89. The number of nitro groups is 1. The van der Waals surface area contributed by atoms with Crippen LogP contribution in [0.4, 0.5) is 17.3 Å². The minimum atomic E-state index is -0.415. The predicted molar refractivity (Wildman–Crippen MR) is 76.7 cm³/mol. The number of pyridine rings is 1. The molecule has 2 rings (SSSR count). The van der Waals surface area contributed by atoms with Crippen molar-refractivity contribution in [2.45, 2.75) is 25.8 Å². The third kappa shape index (κ3) is 3.16. The first kappa shape index (κ1) is 14.5. The highest BCUT2D eigenvalue weighted by molar-refractivity contribution is 5.61. The van der Waals surface area contributed by atoms with Crippen LogP contribution in [0.25, 0.3) is 0 Å². The number of hydrogen-bond donors (Lipinski definition) is 1. The number of aromatic nitrogens is 1. The van der Waals surface area contributed by atoms with E-state index in [1.54, 1.807) is 7.11 Å². The lowest BCUT2D eigenvalue weighted by Gasteiger charge is -2.30. The van der Waals surface area contributed by atoms with Crippen LogP contribution in [0.3, 0.4) is 0 Å². The van der Waals surface area contributed by atoms with Gasteiger partial charge in [-0.15, -0.1) is 0 Å². The molecule has 1 aromatic heterocycles. The number of nitrogens with two attached hydrogens (primary N) is 1. The third-order valence-corrected chi connectivity index (χ3v) is 3.68. The van der Waals surface area contributed by atoms with Gasteiger partial charge in [0.1, 0.15) is 5.82 Å². The van der Waals surface area contributed by atoms with Crippen molar-refractivity contribution in [3.05, 3.63) is 22.2 Å². The lowest BCUT2D eigenvalue weighted by molar-refractivity contribution is -0.384. The lowest BCUT2D eigenvalue weighted by atomic mass is 10.1. The summed E-state index contributed by atoms with van der Waals surface area (Å²) in [7, 11) is 1.61. The van der Waals surface area contributed by atoms with Crippen molar-refractivity contribution in [3.63, 3.8) is 0 Å². The van der Waals surface area contributed by atoms with E-state index in [4.69, 9.17) is 10.5 Å². The predicted octanol–water partition coefficient (Wildman–Crippen LogP) is 1.82. The number of anilines is 2. The summed E-state index contributed by atoms with van der Waals surface area (Å²) in [5.74, 6) is 1.19. The van der Waals surface area contributed by atoms with Crippen molar-refractivity contribution in [2.24, 2.45) is 5.92 Å².